The number of rotatable bonds is 11. The third-order valence-electron chi connectivity index (χ3n) is 6.13. The Bertz CT molecular complexity index is 1420. The number of halogens is 2. The molecule has 1 N–H and O–H groups in total. The molecule has 1 amide bonds. The van der Waals surface area contributed by atoms with E-state index in [9.17, 15) is 23.2 Å². The van der Waals surface area contributed by atoms with Crippen LogP contribution in [0.25, 0.3) is 0 Å². The highest BCUT2D eigenvalue weighted by Crippen LogP contribution is 2.34. The van der Waals surface area contributed by atoms with Crippen molar-refractivity contribution < 1.29 is 42.1 Å². The van der Waals surface area contributed by atoms with E-state index in [0.717, 1.165) is 17.4 Å². The van der Waals surface area contributed by atoms with Gasteiger partial charge in [-0.2, -0.15) is 4.98 Å². The summed E-state index contributed by atoms with van der Waals surface area (Å²) in [5.41, 5.74) is 0.909. The second-order valence-corrected chi connectivity index (χ2v) is 12.4. The average Bonchev–Trinajstić information content (AvgIpc) is 2.91. The van der Waals surface area contributed by atoms with E-state index in [0.29, 0.717) is 18.1 Å². The molecular formula is C33H40F2N2O7. The van der Waals surface area contributed by atoms with Gasteiger partial charge in [0.1, 0.15) is 23.2 Å². The Morgan fingerprint density at radius 3 is 2.34 bits per heavy atom. The van der Waals surface area contributed by atoms with E-state index in [4.69, 9.17) is 18.9 Å². The second-order valence-electron chi connectivity index (χ2n) is 12.4. The van der Waals surface area contributed by atoms with E-state index < -0.39 is 52.8 Å². The quantitative estimate of drug-likeness (QED) is 0.215. The number of aldehydes is 1. The molecule has 11 heteroatoms. The molecule has 9 nitrogen and oxygen atoms in total. The zero-order valence-corrected chi connectivity index (χ0v) is 26.2. The minimum atomic E-state index is -1.18. The van der Waals surface area contributed by atoms with Crippen LogP contribution < -0.4 is 14.8 Å². The molecular weight excluding hydrogens is 574 g/mol. The van der Waals surface area contributed by atoms with Crippen molar-refractivity contribution in [2.45, 2.75) is 91.0 Å². The number of esters is 1. The summed E-state index contributed by atoms with van der Waals surface area (Å²) < 4.78 is 51.4. The first-order chi connectivity index (χ1) is 20.6. The number of hydrogen-bond acceptors (Lipinski definition) is 8. The van der Waals surface area contributed by atoms with Crippen molar-refractivity contribution in [1.82, 2.24) is 10.3 Å². The molecule has 2 atom stereocenters. The lowest BCUT2D eigenvalue weighted by Gasteiger charge is -2.24. The Balaban J connectivity index is 1.82. The fourth-order valence-corrected chi connectivity index (χ4v) is 4.28. The molecule has 3 rings (SSSR count). The van der Waals surface area contributed by atoms with Gasteiger partial charge in [-0.3, -0.25) is 0 Å². The molecule has 1 aliphatic rings. The number of carbonyl (C=O) groups is 3. The molecule has 238 valence electrons. The molecule has 0 fully saturated rings. The Morgan fingerprint density at radius 1 is 1.02 bits per heavy atom. The summed E-state index contributed by atoms with van der Waals surface area (Å²) in [7, 11) is 0. The SMILES string of the molecule is CC[C@@H](Oc1nc(Oc2cc(CC=O)cc(C3C=CC=C(CNC(=O)OC(C)(C)C)C3)c2)c(F)cc1F)C(=O)OC(C)(C)C. The maximum Gasteiger partial charge on any atom is 0.407 e. The molecule has 0 aliphatic heterocycles. The number of amides is 1. The number of nitrogens with zero attached hydrogens (tertiary/aromatic N) is 1. The number of nitrogens with one attached hydrogen (secondary N) is 1. The Hall–Kier alpha value is -4.28. The molecule has 0 saturated carbocycles. The number of hydrogen-bond donors (Lipinski definition) is 1. The van der Waals surface area contributed by atoms with Crippen molar-refractivity contribution in [1.29, 1.82) is 0 Å². The standard InChI is InChI=1S/C33H40F2N2O7/c1-8-27(30(39)43-32(2,3)4)42-29-26(35)18-25(34)28(37-29)41-24-16-20(12-13-38)14-23(17-24)22-11-9-10-21(15-22)19-36-31(40)44-33(5,6)7/h9-11,13-14,16-18,22,27H,8,12,15,19H2,1-7H3,(H,36,40)/t22?,27-/m1/s1. The fourth-order valence-electron chi connectivity index (χ4n) is 4.28. The maximum absolute atomic E-state index is 14.8. The first-order valence-electron chi connectivity index (χ1n) is 14.4. The second kappa shape index (κ2) is 14.5. The van der Waals surface area contributed by atoms with Crippen LogP contribution in [0.5, 0.6) is 17.5 Å². The fraction of sp³-hybridized carbons (Fsp3) is 0.455. The molecule has 0 saturated heterocycles. The van der Waals surface area contributed by atoms with Crippen LogP contribution in [-0.4, -0.2) is 47.2 Å². The number of allylic oxidation sites excluding steroid dienone is 3. The van der Waals surface area contributed by atoms with Gasteiger partial charge in [-0.05, 0) is 77.6 Å². The predicted octanol–water partition coefficient (Wildman–Crippen LogP) is 6.89. The van der Waals surface area contributed by atoms with Crippen LogP contribution in [0.1, 0.15) is 78.4 Å². The van der Waals surface area contributed by atoms with Gasteiger partial charge in [0, 0.05) is 24.9 Å². The Labute approximate surface area is 256 Å². The van der Waals surface area contributed by atoms with Crippen LogP contribution in [-0.2, 0) is 25.5 Å². The zero-order chi connectivity index (χ0) is 32.7. The zero-order valence-electron chi connectivity index (χ0n) is 26.2. The van der Waals surface area contributed by atoms with Gasteiger partial charge in [-0.25, -0.2) is 18.4 Å². The van der Waals surface area contributed by atoms with E-state index in [1.807, 2.05) is 24.3 Å². The van der Waals surface area contributed by atoms with Gasteiger partial charge in [0.25, 0.3) is 11.8 Å². The highest BCUT2D eigenvalue weighted by Gasteiger charge is 2.28. The lowest BCUT2D eigenvalue weighted by atomic mass is 9.87. The molecule has 0 radical (unpaired) electrons. The van der Waals surface area contributed by atoms with Gasteiger partial charge in [0.05, 0.1) is 0 Å². The number of carbonyl (C=O) groups excluding carboxylic acids is 3. The number of aromatic nitrogens is 1. The summed E-state index contributed by atoms with van der Waals surface area (Å²) in [4.78, 5) is 39.9. The van der Waals surface area contributed by atoms with Gasteiger partial charge in [0.2, 0.25) is 0 Å². The first kappa shape index (κ1) is 34.2. The first-order valence-corrected chi connectivity index (χ1v) is 14.4. The van der Waals surface area contributed by atoms with Gasteiger partial charge >= 0.3 is 12.1 Å². The van der Waals surface area contributed by atoms with Gasteiger partial charge in [0.15, 0.2) is 17.7 Å². The summed E-state index contributed by atoms with van der Waals surface area (Å²) in [6.45, 7) is 12.3. The molecule has 0 spiro atoms. The molecule has 1 unspecified atom stereocenters. The average molecular weight is 615 g/mol. The minimum Gasteiger partial charge on any atom is -0.460 e. The minimum absolute atomic E-state index is 0.0747. The van der Waals surface area contributed by atoms with Crippen molar-refractivity contribution in [2.75, 3.05) is 6.54 Å². The van der Waals surface area contributed by atoms with Crippen LogP contribution >= 0.6 is 0 Å². The third kappa shape index (κ3) is 10.5. The van der Waals surface area contributed by atoms with E-state index in [2.05, 4.69) is 10.3 Å². The number of pyridine rings is 1. The van der Waals surface area contributed by atoms with Crippen molar-refractivity contribution >= 4 is 18.3 Å². The van der Waals surface area contributed by atoms with Crippen molar-refractivity contribution in [3.8, 4) is 17.5 Å². The molecule has 2 aromatic rings. The molecule has 1 aromatic carbocycles. The molecule has 0 bridgehead atoms. The van der Waals surface area contributed by atoms with E-state index >= 15 is 0 Å². The van der Waals surface area contributed by atoms with Crippen molar-refractivity contribution in [3.05, 3.63) is 70.8 Å². The number of alkyl carbamates (subject to hydrolysis) is 1. The van der Waals surface area contributed by atoms with Gasteiger partial charge in [-0.15, -0.1) is 0 Å². The van der Waals surface area contributed by atoms with Crippen LogP contribution in [0.15, 0.2) is 48.1 Å². The van der Waals surface area contributed by atoms with Gasteiger partial charge in [-0.1, -0.05) is 36.8 Å². The van der Waals surface area contributed by atoms with Crippen LogP contribution in [0, 0.1) is 11.6 Å². The Kier molecular flexibility index (Phi) is 11.2. The summed E-state index contributed by atoms with van der Waals surface area (Å²) >= 11 is 0. The van der Waals surface area contributed by atoms with E-state index in [-0.39, 0.29) is 31.1 Å². The van der Waals surface area contributed by atoms with Crippen molar-refractivity contribution in [2.24, 2.45) is 0 Å². The normalized spacial score (nSPS) is 15.6. The maximum atomic E-state index is 14.8. The number of benzene rings is 1. The van der Waals surface area contributed by atoms with Crippen LogP contribution in [0.2, 0.25) is 0 Å². The van der Waals surface area contributed by atoms with Gasteiger partial charge < -0.3 is 29.1 Å². The summed E-state index contributed by atoms with van der Waals surface area (Å²) in [6.07, 6.45) is 5.55. The summed E-state index contributed by atoms with van der Waals surface area (Å²) in [5.74, 6) is -4.08. The predicted molar refractivity (Wildman–Crippen MR) is 160 cm³/mol. The van der Waals surface area contributed by atoms with E-state index in [1.54, 1.807) is 60.6 Å². The topological polar surface area (TPSA) is 113 Å². The summed E-state index contributed by atoms with van der Waals surface area (Å²) in [5, 5.41) is 2.75. The van der Waals surface area contributed by atoms with Crippen LogP contribution in [0.3, 0.4) is 0 Å². The lowest BCUT2D eigenvalue weighted by Crippen LogP contribution is -2.35. The highest BCUT2D eigenvalue weighted by atomic mass is 19.1. The largest absolute Gasteiger partial charge is 0.460 e. The van der Waals surface area contributed by atoms with E-state index in [1.165, 1.54) is 0 Å². The molecule has 44 heavy (non-hydrogen) atoms. The third-order valence-corrected chi connectivity index (χ3v) is 6.13. The highest BCUT2D eigenvalue weighted by molar-refractivity contribution is 5.75. The molecule has 1 heterocycles. The smallest absolute Gasteiger partial charge is 0.407 e. The summed E-state index contributed by atoms with van der Waals surface area (Å²) in [6, 6.07) is 5.64. The molecule has 1 aromatic heterocycles. The molecule has 1 aliphatic carbocycles. The lowest BCUT2D eigenvalue weighted by molar-refractivity contribution is -0.163. The monoisotopic (exact) mass is 614 g/mol. The van der Waals surface area contributed by atoms with Crippen molar-refractivity contribution in [3.63, 3.8) is 0 Å². The number of ether oxygens (including phenoxy) is 4. The Morgan fingerprint density at radius 2 is 1.70 bits per heavy atom. The van der Waals surface area contributed by atoms with Crippen LogP contribution in [0.4, 0.5) is 13.6 Å².